The van der Waals surface area contributed by atoms with Crippen LogP contribution in [0.15, 0.2) is 78.9 Å². The highest BCUT2D eigenvalue weighted by atomic mass is 35.5. The van der Waals surface area contributed by atoms with Crippen LogP contribution in [0, 0.1) is 11.3 Å². The predicted octanol–water partition coefficient (Wildman–Crippen LogP) is 7.50. The summed E-state index contributed by atoms with van der Waals surface area (Å²) >= 11 is 12.7. The number of hydrogen-bond donors (Lipinski definition) is 1. The number of benzene rings is 4. The van der Waals surface area contributed by atoms with Gasteiger partial charge in [0.15, 0.2) is 0 Å². The Hall–Kier alpha value is -3.89. The largest absolute Gasteiger partial charge is 0.355 e. The number of rotatable bonds is 9. The zero-order chi connectivity index (χ0) is 31.2. The summed E-state index contributed by atoms with van der Waals surface area (Å²) in [7, 11) is 3.48. The van der Waals surface area contributed by atoms with E-state index in [2.05, 4.69) is 22.4 Å². The molecule has 6 nitrogen and oxygen atoms in total. The van der Waals surface area contributed by atoms with E-state index in [4.69, 9.17) is 23.2 Å². The number of carbonyl (C=O) groups excluding carboxylic acids is 2. The second-order valence-electron chi connectivity index (χ2n) is 11.5. The Morgan fingerprint density at radius 3 is 2.43 bits per heavy atom. The minimum absolute atomic E-state index is 0.0239. The molecule has 226 valence electrons. The van der Waals surface area contributed by atoms with Crippen molar-refractivity contribution >= 4 is 45.8 Å². The molecular formula is C36H36Cl2N4O2. The molecule has 8 heteroatoms. The number of carbonyl (C=O) groups is 2. The third-order valence-corrected chi connectivity index (χ3v) is 9.47. The molecule has 0 saturated carbocycles. The normalized spacial score (nSPS) is 14.6. The van der Waals surface area contributed by atoms with Crippen molar-refractivity contribution in [2.24, 2.45) is 0 Å². The molecule has 1 aliphatic rings. The van der Waals surface area contributed by atoms with E-state index < -0.39 is 0 Å². The quantitative estimate of drug-likeness (QED) is 0.209. The van der Waals surface area contributed by atoms with Crippen LogP contribution in [-0.2, 0) is 0 Å². The highest BCUT2D eigenvalue weighted by Gasteiger charge is 2.26. The van der Waals surface area contributed by atoms with Gasteiger partial charge in [0, 0.05) is 37.7 Å². The average Bonchev–Trinajstić information content (AvgIpc) is 3.06. The molecule has 0 radical (unpaired) electrons. The van der Waals surface area contributed by atoms with Gasteiger partial charge >= 0.3 is 0 Å². The monoisotopic (exact) mass is 626 g/mol. The van der Waals surface area contributed by atoms with Gasteiger partial charge in [0.2, 0.25) is 0 Å². The first kappa shape index (κ1) is 31.5. The lowest BCUT2D eigenvalue weighted by molar-refractivity contribution is 0.0783. The Morgan fingerprint density at radius 2 is 1.70 bits per heavy atom. The lowest BCUT2D eigenvalue weighted by Crippen LogP contribution is -2.36. The van der Waals surface area contributed by atoms with Gasteiger partial charge in [0.25, 0.3) is 11.8 Å². The molecule has 5 rings (SSSR count). The van der Waals surface area contributed by atoms with Crippen molar-refractivity contribution in [1.82, 2.24) is 15.1 Å². The van der Waals surface area contributed by atoms with Gasteiger partial charge < -0.3 is 15.1 Å². The van der Waals surface area contributed by atoms with Gasteiger partial charge in [-0.05, 0) is 97.0 Å². The third-order valence-electron chi connectivity index (χ3n) is 8.73. The Balaban J connectivity index is 1.30. The molecule has 1 unspecified atom stereocenters. The summed E-state index contributed by atoms with van der Waals surface area (Å²) in [5.41, 5.74) is 3.89. The number of amides is 2. The van der Waals surface area contributed by atoms with Crippen LogP contribution in [0.2, 0.25) is 10.0 Å². The van der Waals surface area contributed by atoms with Crippen LogP contribution in [0.5, 0.6) is 0 Å². The van der Waals surface area contributed by atoms with Crippen molar-refractivity contribution in [1.29, 1.82) is 5.26 Å². The SMILES string of the molecule is CNC(=O)c1ccccc1C1CCN(CCC(CN(C)C(=O)c2cc(C#N)cc3ccccc23)c2ccc(Cl)c(Cl)c2)CC1. The first-order valence-corrected chi connectivity index (χ1v) is 15.7. The van der Waals surface area contributed by atoms with E-state index in [0.29, 0.717) is 33.6 Å². The number of fused-ring (bicyclic) bond motifs is 1. The smallest absolute Gasteiger partial charge is 0.254 e. The summed E-state index contributed by atoms with van der Waals surface area (Å²) in [5, 5.41) is 15.0. The standard InChI is InChI=1S/C36H36Cl2N4O2/c1-40-35(43)31-10-6-5-8-29(31)25-13-16-42(17-14-25)18-15-28(26-11-12-33(37)34(38)21-26)23-41(2)36(44)32-20-24(22-39)19-27-7-3-4-9-30(27)32/h3-12,19-21,25,28H,13-18,23H2,1-2H3,(H,40,43). The minimum Gasteiger partial charge on any atom is -0.355 e. The molecular weight excluding hydrogens is 591 g/mol. The first-order valence-electron chi connectivity index (χ1n) is 15.0. The fraction of sp³-hybridized carbons (Fsp3) is 0.306. The van der Waals surface area contributed by atoms with Crippen molar-refractivity contribution in [3.05, 3.63) is 117 Å². The number of likely N-dealkylation sites (N-methyl/N-ethyl adjacent to an activating group) is 1. The first-order chi connectivity index (χ1) is 21.3. The molecule has 1 aliphatic heterocycles. The molecule has 1 N–H and O–H groups in total. The molecule has 1 saturated heterocycles. The summed E-state index contributed by atoms with van der Waals surface area (Å²) in [6.45, 7) is 3.21. The molecule has 0 bridgehead atoms. The fourth-order valence-electron chi connectivity index (χ4n) is 6.30. The van der Waals surface area contributed by atoms with E-state index in [-0.39, 0.29) is 17.7 Å². The van der Waals surface area contributed by atoms with Crippen molar-refractivity contribution in [3.63, 3.8) is 0 Å². The van der Waals surface area contributed by atoms with Gasteiger partial charge in [-0.25, -0.2) is 0 Å². The Morgan fingerprint density at radius 1 is 0.977 bits per heavy atom. The molecule has 0 spiro atoms. The van der Waals surface area contributed by atoms with E-state index >= 15 is 0 Å². The average molecular weight is 628 g/mol. The number of nitrogens with zero attached hydrogens (tertiary/aromatic N) is 3. The van der Waals surface area contributed by atoms with E-state index in [9.17, 15) is 14.9 Å². The molecule has 0 aromatic heterocycles. The van der Waals surface area contributed by atoms with E-state index in [1.165, 1.54) is 0 Å². The van der Waals surface area contributed by atoms with E-state index in [0.717, 1.165) is 66.4 Å². The predicted molar refractivity (Wildman–Crippen MR) is 178 cm³/mol. The molecule has 2 amide bonds. The highest BCUT2D eigenvalue weighted by Crippen LogP contribution is 2.33. The number of halogens is 2. The fourth-order valence-corrected chi connectivity index (χ4v) is 6.61. The highest BCUT2D eigenvalue weighted by molar-refractivity contribution is 6.42. The molecule has 4 aromatic carbocycles. The number of likely N-dealkylation sites (tertiary alicyclic amines) is 1. The summed E-state index contributed by atoms with van der Waals surface area (Å²) in [4.78, 5) is 30.5. The van der Waals surface area contributed by atoms with Crippen molar-refractivity contribution in [3.8, 4) is 6.07 Å². The molecule has 4 aromatic rings. The van der Waals surface area contributed by atoms with Crippen LogP contribution >= 0.6 is 23.2 Å². The van der Waals surface area contributed by atoms with Gasteiger partial charge in [-0.1, -0.05) is 71.7 Å². The zero-order valence-corrected chi connectivity index (χ0v) is 26.5. The summed E-state index contributed by atoms with van der Waals surface area (Å²) in [6.07, 6.45) is 2.78. The topological polar surface area (TPSA) is 76.4 Å². The maximum atomic E-state index is 13.8. The zero-order valence-electron chi connectivity index (χ0n) is 25.0. The van der Waals surface area contributed by atoms with Crippen LogP contribution in [0.1, 0.15) is 68.5 Å². The van der Waals surface area contributed by atoms with Gasteiger partial charge in [-0.2, -0.15) is 5.26 Å². The van der Waals surface area contributed by atoms with Gasteiger partial charge in [-0.15, -0.1) is 0 Å². The van der Waals surface area contributed by atoms with Crippen molar-refractivity contribution < 1.29 is 9.59 Å². The second-order valence-corrected chi connectivity index (χ2v) is 12.3. The molecule has 1 atom stereocenters. The van der Waals surface area contributed by atoms with Crippen LogP contribution in [0.4, 0.5) is 0 Å². The number of hydrogen-bond acceptors (Lipinski definition) is 4. The summed E-state index contributed by atoms with van der Waals surface area (Å²) in [5.74, 6) is 0.196. The Bertz CT molecular complexity index is 1710. The maximum Gasteiger partial charge on any atom is 0.254 e. The van der Waals surface area contributed by atoms with E-state index in [1.54, 1.807) is 18.0 Å². The van der Waals surface area contributed by atoms with Crippen molar-refractivity contribution in [2.45, 2.75) is 31.1 Å². The van der Waals surface area contributed by atoms with Gasteiger partial charge in [-0.3, -0.25) is 9.59 Å². The minimum atomic E-state index is -0.126. The van der Waals surface area contributed by atoms with Gasteiger partial charge in [0.1, 0.15) is 0 Å². The van der Waals surface area contributed by atoms with Gasteiger partial charge in [0.05, 0.1) is 21.7 Å². The third kappa shape index (κ3) is 7.08. The Kier molecular flexibility index (Phi) is 10.2. The molecule has 0 aliphatic carbocycles. The lowest BCUT2D eigenvalue weighted by Gasteiger charge is -2.34. The van der Waals surface area contributed by atoms with E-state index in [1.807, 2.05) is 73.8 Å². The van der Waals surface area contributed by atoms with Crippen LogP contribution in [-0.4, -0.2) is 61.9 Å². The Labute approximate surface area is 269 Å². The molecule has 1 heterocycles. The number of piperidine rings is 1. The number of nitrogens with one attached hydrogen (secondary N) is 1. The molecule has 1 fully saturated rings. The van der Waals surface area contributed by atoms with Crippen LogP contribution < -0.4 is 5.32 Å². The maximum absolute atomic E-state index is 13.8. The van der Waals surface area contributed by atoms with Crippen LogP contribution in [0.3, 0.4) is 0 Å². The molecule has 44 heavy (non-hydrogen) atoms. The lowest BCUT2D eigenvalue weighted by atomic mass is 9.86. The summed E-state index contributed by atoms with van der Waals surface area (Å²) in [6, 6.07) is 26.9. The summed E-state index contributed by atoms with van der Waals surface area (Å²) < 4.78 is 0. The number of nitriles is 1. The van der Waals surface area contributed by atoms with Crippen molar-refractivity contribution in [2.75, 3.05) is 40.3 Å². The van der Waals surface area contributed by atoms with Crippen LogP contribution in [0.25, 0.3) is 10.8 Å². The second kappa shape index (κ2) is 14.3.